The molecular formula is C15H16N2O2. The number of nitrogens with zero attached hydrogens (tertiary/aromatic N) is 1. The third kappa shape index (κ3) is 3.63. The van der Waals surface area contributed by atoms with Gasteiger partial charge in [0.2, 0.25) is 0 Å². The molecular weight excluding hydrogens is 240 g/mol. The van der Waals surface area contributed by atoms with Crippen molar-refractivity contribution in [2.75, 3.05) is 0 Å². The summed E-state index contributed by atoms with van der Waals surface area (Å²) in [6.07, 6.45) is 1.50. The quantitative estimate of drug-likeness (QED) is 0.659. The molecule has 19 heavy (non-hydrogen) atoms. The van der Waals surface area contributed by atoms with E-state index >= 15 is 0 Å². The predicted octanol–water partition coefficient (Wildman–Crippen LogP) is 3.23. The average molecular weight is 256 g/mol. The van der Waals surface area contributed by atoms with Crippen molar-refractivity contribution in [3.05, 3.63) is 75.8 Å². The van der Waals surface area contributed by atoms with E-state index in [1.807, 2.05) is 36.4 Å². The number of aryl methyl sites for hydroxylation is 1. The van der Waals surface area contributed by atoms with Crippen LogP contribution in [0.2, 0.25) is 0 Å². The number of hydrogen-bond acceptors (Lipinski definition) is 3. The van der Waals surface area contributed by atoms with E-state index in [0.29, 0.717) is 0 Å². The molecule has 0 amide bonds. The van der Waals surface area contributed by atoms with Gasteiger partial charge in [-0.15, -0.1) is 0 Å². The Hall–Kier alpha value is -2.20. The van der Waals surface area contributed by atoms with Crippen LogP contribution in [-0.4, -0.2) is 4.92 Å². The van der Waals surface area contributed by atoms with Gasteiger partial charge in [-0.3, -0.25) is 10.1 Å². The molecule has 0 saturated heterocycles. The molecule has 2 N–H and O–H groups in total. The maximum absolute atomic E-state index is 10.7. The molecule has 0 aromatic heterocycles. The minimum absolute atomic E-state index is 0.0412. The number of non-ortho nitro benzene ring substituents is 1. The number of nitro groups is 1. The van der Waals surface area contributed by atoms with Crippen molar-refractivity contribution in [2.24, 2.45) is 5.73 Å². The Morgan fingerprint density at radius 2 is 1.84 bits per heavy atom. The SMILES string of the molecule is NC(CCc1cccc([N+](=O)[O-])c1)c1ccccc1. The molecule has 0 spiro atoms. The topological polar surface area (TPSA) is 69.2 Å². The van der Waals surface area contributed by atoms with Crippen LogP contribution in [0.25, 0.3) is 0 Å². The van der Waals surface area contributed by atoms with Gasteiger partial charge < -0.3 is 5.73 Å². The number of rotatable bonds is 5. The fourth-order valence-corrected chi connectivity index (χ4v) is 2.01. The van der Waals surface area contributed by atoms with Gasteiger partial charge in [-0.1, -0.05) is 42.5 Å². The van der Waals surface area contributed by atoms with Crippen molar-refractivity contribution in [2.45, 2.75) is 18.9 Å². The number of nitro benzene ring substituents is 1. The number of nitrogens with two attached hydrogens (primary N) is 1. The van der Waals surface area contributed by atoms with Crippen LogP contribution in [-0.2, 0) is 6.42 Å². The minimum Gasteiger partial charge on any atom is -0.324 e. The van der Waals surface area contributed by atoms with E-state index in [0.717, 1.165) is 24.0 Å². The Morgan fingerprint density at radius 1 is 1.11 bits per heavy atom. The highest BCUT2D eigenvalue weighted by atomic mass is 16.6. The standard InChI is InChI=1S/C15H16N2O2/c16-15(13-6-2-1-3-7-13)10-9-12-5-4-8-14(11-12)17(18)19/h1-8,11,15H,9-10,16H2. The largest absolute Gasteiger partial charge is 0.324 e. The number of benzene rings is 2. The van der Waals surface area contributed by atoms with Gasteiger partial charge in [0.1, 0.15) is 0 Å². The second-order valence-electron chi connectivity index (χ2n) is 4.48. The maximum Gasteiger partial charge on any atom is 0.269 e. The Balaban J connectivity index is 1.99. The zero-order valence-electron chi connectivity index (χ0n) is 10.5. The smallest absolute Gasteiger partial charge is 0.269 e. The van der Waals surface area contributed by atoms with Crippen LogP contribution in [0.4, 0.5) is 5.69 Å². The lowest BCUT2D eigenvalue weighted by Gasteiger charge is -2.11. The molecule has 0 fully saturated rings. The van der Waals surface area contributed by atoms with E-state index in [1.165, 1.54) is 6.07 Å². The highest BCUT2D eigenvalue weighted by Gasteiger charge is 2.08. The van der Waals surface area contributed by atoms with Gasteiger partial charge in [0, 0.05) is 18.2 Å². The molecule has 1 unspecified atom stereocenters. The fraction of sp³-hybridized carbons (Fsp3) is 0.200. The molecule has 2 aromatic rings. The fourth-order valence-electron chi connectivity index (χ4n) is 2.01. The molecule has 98 valence electrons. The van der Waals surface area contributed by atoms with E-state index in [4.69, 9.17) is 5.73 Å². The summed E-state index contributed by atoms with van der Waals surface area (Å²) < 4.78 is 0. The van der Waals surface area contributed by atoms with E-state index in [2.05, 4.69) is 0 Å². The lowest BCUT2D eigenvalue weighted by molar-refractivity contribution is -0.384. The van der Waals surface area contributed by atoms with Crippen LogP contribution in [0.5, 0.6) is 0 Å². The van der Waals surface area contributed by atoms with E-state index < -0.39 is 0 Å². The van der Waals surface area contributed by atoms with Crippen LogP contribution < -0.4 is 5.73 Å². The first kappa shape index (κ1) is 13.2. The third-order valence-electron chi connectivity index (χ3n) is 3.09. The van der Waals surface area contributed by atoms with Gasteiger partial charge in [0.15, 0.2) is 0 Å². The van der Waals surface area contributed by atoms with Crippen molar-refractivity contribution < 1.29 is 4.92 Å². The van der Waals surface area contributed by atoms with Crippen molar-refractivity contribution in [3.63, 3.8) is 0 Å². The van der Waals surface area contributed by atoms with Crippen LogP contribution in [0.3, 0.4) is 0 Å². The van der Waals surface area contributed by atoms with E-state index in [1.54, 1.807) is 12.1 Å². The Bertz CT molecular complexity index is 555. The molecule has 0 aliphatic carbocycles. The van der Waals surface area contributed by atoms with Crippen molar-refractivity contribution >= 4 is 5.69 Å². The first-order valence-electron chi connectivity index (χ1n) is 6.20. The highest BCUT2D eigenvalue weighted by molar-refractivity contribution is 5.34. The van der Waals surface area contributed by atoms with Gasteiger partial charge in [-0.05, 0) is 24.0 Å². The third-order valence-corrected chi connectivity index (χ3v) is 3.09. The molecule has 2 aromatic carbocycles. The molecule has 0 radical (unpaired) electrons. The van der Waals surface area contributed by atoms with E-state index in [9.17, 15) is 10.1 Å². The van der Waals surface area contributed by atoms with Crippen molar-refractivity contribution in [1.29, 1.82) is 0 Å². The van der Waals surface area contributed by atoms with Crippen molar-refractivity contribution in [3.8, 4) is 0 Å². The van der Waals surface area contributed by atoms with Crippen LogP contribution in [0.15, 0.2) is 54.6 Å². The molecule has 0 aliphatic heterocycles. The summed E-state index contributed by atoms with van der Waals surface area (Å²) in [5.41, 5.74) is 8.27. The molecule has 0 bridgehead atoms. The minimum atomic E-state index is -0.374. The lowest BCUT2D eigenvalue weighted by Crippen LogP contribution is -2.11. The lowest BCUT2D eigenvalue weighted by atomic mass is 10.00. The van der Waals surface area contributed by atoms with Crippen molar-refractivity contribution in [1.82, 2.24) is 0 Å². The van der Waals surface area contributed by atoms with Crippen LogP contribution >= 0.6 is 0 Å². The highest BCUT2D eigenvalue weighted by Crippen LogP contribution is 2.19. The average Bonchev–Trinajstić information content (AvgIpc) is 2.46. The summed E-state index contributed by atoms with van der Waals surface area (Å²) in [4.78, 5) is 10.3. The maximum atomic E-state index is 10.7. The normalized spacial score (nSPS) is 12.1. The zero-order valence-corrected chi connectivity index (χ0v) is 10.5. The summed E-state index contributed by atoms with van der Waals surface area (Å²) in [5, 5.41) is 10.7. The first-order valence-corrected chi connectivity index (χ1v) is 6.20. The van der Waals surface area contributed by atoms with Crippen LogP contribution in [0.1, 0.15) is 23.6 Å². The molecule has 0 heterocycles. The summed E-state index contributed by atoms with van der Waals surface area (Å²) in [7, 11) is 0. The second-order valence-corrected chi connectivity index (χ2v) is 4.48. The van der Waals surface area contributed by atoms with E-state index in [-0.39, 0.29) is 16.7 Å². The molecule has 4 heteroatoms. The van der Waals surface area contributed by atoms with Gasteiger partial charge >= 0.3 is 0 Å². The Morgan fingerprint density at radius 3 is 2.53 bits per heavy atom. The monoisotopic (exact) mass is 256 g/mol. The molecule has 4 nitrogen and oxygen atoms in total. The Kier molecular flexibility index (Phi) is 4.26. The second kappa shape index (κ2) is 6.11. The van der Waals surface area contributed by atoms with Gasteiger partial charge in [0.25, 0.3) is 5.69 Å². The summed E-state index contributed by atoms with van der Waals surface area (Å²) in [6, 6.07) is 16.5. The predicted molar refractivity (Wildman–Crippen MR) is 74.8 cm³/mol. The summed E-state index contributed by atoms with van der Waals surface area (Å²) in [5.74, 6) is 0. The van der Waals surface area contributed by atoms with Gasteiger partial charge in [-0.2, -0.15) is 0 Å². The molecule has 0 saturated carbocycles. The van der Waals surface area contributed by atoms with Gasteiger partial charge in [0.05, 0.1) is 4.92 Å². The molecule has 0 aliphatic rings. The zero-order chi connectivity index (χ0) is 13.7. The Labute approximate surface area is 112 Å². The first-order chi connectivity index (χ1) is 9.16. The van der Waals surface area contributed by atoms with Gasteiger partial charge in [-0.25, -0.2) is 0 Å². The van der Waals surface area contributed by atoms with Crippen LogP contribution in [0, 0.1) is 10.1 Å². The summed E-state index contributed by atoms with van der Waals surface area (Å²) in [6.45, 7) is 0. The summed E-state index contributed by atoms with van der Waals surface area (Å²) >= 11 is 0. The molecule has 1 atom stereocenters. The number of hydrogen-bond donors (Lipinski definition) is 1. The molecule has 2 rings (SSSR count).